The van der Waals surface area contributed by atoms with E-state index in [-0.39, 0.29) is 11.5 Å². The van der Waals surface area contributed by atoms with E-state index in [1.54, 1.807) is 12.1 Å². The topological polar surface area (TPSA) is 69.2 Å². The summed E-state index contributed by atoms with van der Waals surface area (Å²) in [5.74, 6) is -0.367. The van der Waals surface area contributed by atoms with Gasteiger partial charge < -0.3 is 5.73 Å². The van der Waals surface area contributed by atoms with Crippen molar-refractivity contribution in [2.45, 2.75) is 9.79 Å². The minimum Gasteiger partial charge on any atom is -0.398 e. The van der Waals surface area contributed by atoms with Crippen LogP contribution in [0.1, 0.15) is 0 Å². The third-order valence-electron chi connectivity index (χ3n) is 2.25. The van der Waals surface area contributed by atoms with Gasteiger partial charge in [0.2, 0.25) is 0 Å². The summed E-state index contributed by atoms with van der Waals surface area (Å²) < 4.78 is 13.1. The highest BCUT2D eigenvalue weighted by atomic mass is 32.2. The van der Waals surface area contributed by atoms with Crippen LogP contribution in [-0.4, -0.2) is 4.92 Å². The van der Waals surface area contributed by atoms with Crippen molar-refractivity contribution in [3.05, 3.63) is 58.4 Å². The van der Waals surface area contributed by atoms with E-state index in [2.05, 4.69) is 0 Å². The Labute approximate surface area is 107 Å². The molecule has 0 heterocycles. The SMILES string of the molecule is Nc1ccc(F)cc1Sc1ccc([N+](=O)[O-])cc1. The highest BCUT2D eigenvalue weighted by Gasteiger charge is 2.07. The minimum absolute atomic E-state index is 0.0200. The summed E-state index contributed by atoms with van der Waals surface area (Å²) in [5.41, 5.74) is 6.21. The first-order chi connectivity index (χ1) is 8.56. The molecule has 0 spiro atoms. The summed E-state index contributed by atoms with van der Waals surface area (Å²) in [7, 11) is 0. The second kappa shape index (κ2) is 5.05. The van der Waals surface area contributed by atoms with E-state index in [4.69, 9.17) is 5.73 Å². The number of halogens is 1. The first-order valence-corrected chi connectivity index (χ1v) is 5.85. The van der Waals surface area contributed by atoms with Gasteiger partial charge in [0, 0.05) is 27.6 Å². The Kier molecular flexibility index (Phi) is 3.47. The van der Waals surface area contributed by atoms with Gasteiger partial charge in [0.25, 0.3) is 5.69 Å². The van der Waals surface area contributed by atoms with E-state index in [0.29, 0.717) is 10.6 Å². The molecule has 92 valence electrons. The molecule has 2 rings (SSSR count). The predicted molar refractivity (Wildman–Crippen MR) is 68.0 cm³/mol. The lowest BCUT2D eigenvalue weighted by Gasteiger charge is -2.05. The number of rotatable bonds is 3. The predicted octanol–water partition coefficient (Wildman–Crippen LogP) is 3.47. The Hall–Kier alpha value is -2.08. The fraction of sp³-hybridized carbons (Fsp3) is 0. The van der Waals surface area contributed by atoms with Crippen LogP contribution in [0.25, 0.3) is 0 Å². The third-order valence-corrected chi connectivity index (χ3v) is 3.33. The van der Waals surface area contributed by atoms with Crippen LogP contribution in [0, 0.1) is 15.9 Å². The zero-order chi connectivity index (χ0) is 13.1. The van der Waals surface area contributed by atoms with Crippen molar-refractivity contribution < 1.29 is 9.31 Å². The number of nitrogen functional groups attached to an aromatic ring is 1. The molecule has 0 saturated carbocycles. The smallest absolute Gasteiger partial charge is 0.269 e. The van der Waals surface area contributed by atoms with Crippen LogP contribution >= 0.6 is 11.8 Å². The first-order valence-electron chi connectivity index (χ1n) is 5.03. The molecule has 0 aliphatic carbocycles. The van der Waals surface area contributed by atoms with Crippen molar-refractivity contribution in [2.24, 2.45) is 0 Å². The van der Waals surface area contributed by atoms with Gasteiger partial charge >= 0.3 is 0 Å². The third kappa shape index (κ3) is 2.78. The number of nitro benzene ring substituents is 1. The van der Waals surface area contributed by atoms with Crippen LogP contribution in [-0.2, 0) is 0 Å². The maximum atomic E-state index is 13.1. The molecular weight excluding hydrogens is 255 g/mol. The van der Waals surface area contributed by atoms with Crippen LogP contribution in [0.4, 0.5) is 15.8 Å². The summed E-state index contributed by atoms with van der Waals surface area (Å²) in [4.78, 5) is 11.4. The molecule has 0 amide bonds. The molecule has 0 atom stereocenters. The Morgan fingerprint density at radius 1 is 1.17 bits per heavy atom. The second-order valence-electron chi connectivity index (χ2n) is 3.54. The Morgan fingerprint density at radius 2 is 1.83 bits per heavy atom. The van der Waals surface area contributed by atoms with Gasteiger partial charge in [-0.15, -0.1) is 0 Å². The fourth-order valence-corrected chi connectivity index (χ4v) is 2.24. The van der Waals surface area contributed by atoms with Crippen LogP contribution in [0.15, 0.2) is 52.3 Å². The number of nitro groups is 1. The van der Waals surface area contributed by atoms with Gasteiger partial charge in [-0.2, -0.15) is 0 Å². The summed E-state index contributed by atoms with van der Waals surface area (Å²) in [6.07, 6.45) is 0. The van der Waals surface area contributed by atoms with Crippen molar-refractivity contribution in [3.8, 4) is 0 Å². The van der Waals surface area contributed by atoms with Crippen molar-refractivity contribution in [3.63, 3.8) is 0 Å². The van der Waals surface area contributed by atoms with Gasteiger partial charge in [0.05, 0.1) is 4.92 Å². The number of hydrogen-bond acceptors (Lipinski definition) is 4. The molecule has 2 aromatic carbocycles. The van der Waals surface area contributed by atoms with Gasteiger partial charge in [-0.25, -0.2) is 4.39 Å². The summed E-state index contributed by atoms with van der Waals surface area (Å²) in [5, 5.41) is 10.5. The molecule has 6 heteroatoms. The summed E-state index contributed by atoms with van der Waals surface area (Å²) in [6, 6.07) is 10.1. The van der Waals surface area contributed by atoms with Gasteiger partial charge in [0.1, 0.15) is 5.82 Å². The lowest BCUT2D eigenvalue weighted by Crippen LogP contribution is -1.90. The second-order valence-corrected chi connectivity index (χ2v) is 4.65. The molecule has 0 fully saturated rings. The Bertz CT molecular complexity index is 587. The van der Waals surface area contributed by atoms with Crippen molar-refractivity contribution in [1.82, 2.24) is 0 Å². The lowest BCUT2D eigenvalue weighted by molar-refractivity contribution is -0.384. The number of non-ortho nitro benzene ring substituents is 1. The van der Waals surface area contributed by atoms with E-state index >= 15 is 0 Å². The van der Waals surface area contributed by atoms with Gasteiger partial charge in [-0.3, -0.25) is 10.1 Å². The van der Waals surface area contributed by atoms with Gasteiger partial charge in [-0.1, -0.05) is 11.8 Å². The van der Waals surface area contributed by atoms with E-state index < -0.39 is 4.92 Å². The number of hydrogen-bond donors (Lipinski definition) is 1. The van der Waals surface area contributed by atoms with Crippen LogP contribution in [0.5, 0.6) is 0 Å². The number of nitrogens with zero attached hydrogens (tertiary/aromatic N) is 1. The van der Waals surface area contributed by atoms with Gasteiger partial charge in [0.15, 0.2) is 0 Å². The molecule has 0 aromatic heterocycles. The molecular formula is C12H9FN2O2S. The maximum absolute atomic E-state index is 13.1. The van der Waals surface area contributed by atoms with E-state index in [1.165, 1.54) is 42.1 Å². The molecule has 2 aromatic rings. The van der Waals surface area contributed by atoms with Crippen molar-refractivity contribution >= 4 is 23.1 Å². The number of anilines is 1. The largest absolute Gasteiger partial charge is 0.398 e. The molecule has 0 aliphatic rings. The Morgan fingerprint density at radius 3 is 2.44 bits per heavy atom. The average Bonchev–Trinajstić information content (AvgIpc) is 2.34. The molecule has 0 radical (unpaired) electrons. The quantitative estimate of drug-likeness (QED) is 0.523. The van der Waals surface area contributed by atoms with E-state index in [9.17, 15) is 14.5 Å². The number of nitrogens with two attached hydrogens (primary N) is 1. The summed E-state index contributed by atoms with van der Waals surface area (Å²) in [6.45, 7) is 0. The molecule has 0 bridgehead atoms. The van der Waals surface area contributed by atoms with Crippen LogP contribution in [0.2, 0.25) is 0 Å². The molecule has 0 unspecified atom stereocenters. The van der Waals surface area contributed by atoms with Crippen LogP contribution in [0.3, 0.4) is 0 Å². The van der Waals surface area contributed by atoms with E-state index in [1.807, 2.05) is 0 Å². The minimum atomic E-state index is -0.467. The standard InChI is InChI=1S/C12H9FN2O2S/c13-8-1-6-11(14)12(7-8)18-10-4-2-9(3-5-10)15(16)17/h1-7H,14H2. The zero-order valence-corrected chi connectivity index (χ0v) is 9.99. The average molecular weight is 264 g/mol. The highest BCUT2D eigenvalue weighted by Crippen LogP contribution is 2.33. The zero-order valence-electron chi connectivity index (χ0n) is 9.17. The molecule has 2 N–H and O–H groups in total. The number of benzene rings is 2. The molecule has 18 heavy (non-hydrogen) atoms. The lowest BCUT2D eigenvalue weighted by atomic mass is 10.3. The first kappa shape index (κ1) is 12.4. The Balaban J connectivity index is 2.23. The maximum Gasteiger partial charge on any atom is 0.269 e. The monoisotopic (exact) mass is 264 g/mol. The highest BCUT2D eigenvalue weighted by molar-refractivity contribution is 7.99. The molecule has 0 saturated heterocycles. The van der Waals surface area contributed by atoms with Crippen LogP contribution < -0.4 is 5.73 Å². The van der Waals surface area contributed by atoms with Crippen molar-refractivity contribution in [1.29, 1.82) is 0 Å². The molecule has 4 nitrogen and oxygen atoms in total. The van der Waals surface area contributed by atoms with Crippen molar-refractivity contribution in [2.75, 3.05) is 5.73 Å². The van der Waals surface area contributed by atoms with Gasteiger partial charge in [-0.05, 0) is 30.3 Å². The summed E-state index contributed by atoms with van der Waals surface area (Å²) >= 11 is 1.26. The fourth-order valence-electron chi connectivity index (χ4n) is 1.36. The van der Waals surface area contributed by atoms with E-state index in [0.717, 1.165) is 4.90 Å². The normalized spacial score (nSPS) is 10.3. The molecule has 0 aliphatic heterocycles.